The van der Waals surface area contributed by atoms with Gasteiger partial charge >= 0.3 is 0 Å². The third kappa shape index (κ3) is 2.62. The number of hydrogen-bond donors (Lipinski definition) is 0. The molecule has 0 radical (unpaired) electrons. The molecular formula is C12H12ClF2NO2. The molecule has 2 rings (SSSR count). The van der Waals surface area contributed by atoms with E-state index in [2.05, 4.69) is 0 Å². The molecule has 1 unspecified atom stereocenters. The Balaban J connectivity index is 2.24. The minimum absolute atomic E-state index is 0.145. The summed E-state index contributed by atoms with van der Waals surface area (Å²) in [4.78, 5) is 13.6. The zero-order valence-corrected chi connectivity index (χ0v) is 10.3. The number of halogens is 3. The summed E-state index contributed by atoms with van der Waals surface area (Å²) >= 11 is 5.74. The van der Waals surface area contributed by atoms with Gasteiger partial charge in [0.1, 0.15) is 11.6 Å². The SMILES string of the molecule is O=C(c1ccc(F)cc1F)N1CCOCC1CCl. The number of alkyl halides is 1. The molecule has 1 fully saturated rings. The van der Waals surface area contributed by atoms with Crippen molar-refractivity contribution in [2.24, 2.45) is 0 Å². The van der Waals surface area contributed by atoms with Crippen LogP contribution in [0.15, 0.2) is 18.2 Å². The van der Waals surface area contributed by atoms with E-state index in [0.717, 1.165) is 12.1 Å². The first kappa shape index (κ1) is 13.2. The van der Waals surface area contributed by atoms with Gasteiger partial charge in [0.05, 0.1) is 24.8 Å². The Labute approximate surface area is 108 Å². The fraction of sp³-hybridized carbons (Fsp3) is 0.417. The minimum Gasteiger partial charge on any atom is -0.377 e. The van der Waals surface area contributed by atoms with Gasteiger partial charge in [-0.25, -0.2) is 8.78 Å². The molecule has 0 N–H and O–H groups in total. The molecule has 1 aliphatic heterocycles. The number of ether oxygens (including phenoxy) is 1. The maximum absolute atomic E-state index is 13.5. The fourth-order valence-corrected chi connectivity index (χ4v) is 2.12. The van der Waals surface area contributed by atoms with Crippen LogP contribution in [0.3, 0.4) is 0 Å². The molecule has 1 atom stereocenters. The number of amides is 1. The van der Waals surface area contributed by atoms with Gasteiger partial charge in [0.25, 0.3) is 5.91 Å². The molecule has 0 bridgehead atoms. The van der Waals surface area contributed by atoms with Crippen LogP contribution in [0.2, 0.25) is 0 Å². The predicted octanol–water partition coefficient (Wildman–Crippen LogP) is 2.04. The lowest BCUT2D eigenvalue weighted by Gasteiger charge is -2.34. The molecule has 1 aromatic carbocycles. The summed E-state index contributed by atoms with van der Waals surface area (Å²) in [6.45, 7) is 1.08. The summed E-state index contributed by atoms with van der Waals surface area (Å²) in [5.74, 6) is -1.84. The van der Waals surface area contributed by atoms with Crippen LogP contribution < -0.4 is 0 Å². The summed E-state index contributed by atoms with van der Waals surface area (Å²) in [5.41, 5.74) is -0.145. The van der Waals surface area contributed by atoms with E-state index in [1.807, 2.05) is 0 Å². The van der Waals surface area contributed by atoms with Crippen LogP contribution in [-0.2, 0) is 4.74 Å². The highest BCUT2D eigenvalue weighted by atomic mass is 35.5. The second-order valence-corrected chi connectivity index (χ2v) is 4.31. The van der Waals surface area contributed by atoms with Gasteiger partial charge in [0, 0.05) is 18.5 Å². The van der Waals surface area contributed by atoms with Crippen molar-refractivity contribution in [3.63, 3.8) is 0 Å². The maximum Gasteiger partial charge on any atom is 0.257 e. The summed E-state index contributed by atoms with van der Waals surface area (Å²) in [6, 6.07) is 2.63. The van der Waals surface area contributed by atoms with E-state index in [0.29, 0.717) is 25.8 Å². The summed E-state index contributed by atoms with van der Waals surface area (Å²) in [7, 11) is 0. The van der Waals surface area contributed by atoms with Gasteiger partial charge in [-0.15, -0.1) is 11.6 Å². The molecule has 0 aliphatic carbocycles. The number of carbonyl (C=O) groups excluding carboxylic acids is 1. The van der Waals surface area contributed by atoms with E-state index in [1.165, 1.54) is 4.90 Å². The van der Waals surface area contributed by atoms with E-state index in [1.54, 1.807) is 0 Å². The van der Waals surface area contributed by atoms with Crippen LogP contribution in [0.4, 0.5) is 8.78 Å². The molecule has 1 heterocycles. The molecular weight excluding hydrogens is 264 g/mol. The van der Waals surface area contributed by atoms with Crippen molar-refractivity contribution in [3.05, 3.63) is 35.4 Å². The van der Waals surface area contributed by atoms with E-state index in [9.17, 15) is 13.6 Å². The monoisotopic (exact) mass is 275 g/mol. The topological polar surface area (TPSA) is 29.5 Å². The Kier molecular flexibility index (Phi) is 4.14. The quantitative estimate of drug-likeness (QED) is 0.773. The second-order valence-electron chi connectivity index (χ2n) is 4.01. The van der Waals surface area contributed by atoms with E-state index < -0.39 is 17.5 Å². The lowest BCUT2D eigenvalue weighted by molar-refractivity contribution is 0.00431. The van der Waals surface area contributed by atoms with Crippen LogP contribution in [0.1, 0.15) is 10.4 Å². The number of rotatable bonds is 2. The first-order valence-electron chi connectivity index (χ1n) is 5.53. The van der Waals surface area contributed by atoms with Crippen molar-refractivity contribution in [1.29, 1.82) is 0 Å². The highest BCUT2D eigenvalue weighted by molar-refractivity contribution is 6.18. The first-order chi connectivity index (χ1) is 8.63. The van der Waals surface area contributed by atoms with Crippen molar-refractivity contribution in [1.82, 2.24) is 4.90 Å². The molecule has 18 heavy (non-hydrogen) atoms. The smallest absolute Gasteiger partial charge is 0.257 e. The minimum atomic E-state index is -0.861. The van der Waals surface area contributed by atoms with Gasteiger partial charge in [-0.3, -0.25) is 4.79 Å². The van der Waals surface area contributed by atoms with Gasteiger partial charge in [-0.2, -0.15) is 0 Å². The Morgan fingerprint density at radius 2 is 2.28 bits per heavy atom. The Bertz CT molecular complexity index is 456. The standard InChI is InChI=1S/C12H12ClF2NO2/c13-6-9-7-18-4-3-16(9)12(17)10-2-1-8(14)5-11(10)15/h1-2,5,9H,3-4,6-7H2. The molecule has 1 aromatic rings. The van der Waals surface area contributed by atoms with Gasteiger partial charge in [-0.05, 0) is 12.1 Å². The van der Waals surface area contributed by atoms with E-state index in [-0.39, 0.29) is 17.5 Å². The van der Waals surface area contributed by atoms with Crippen LogP contribution in [0.25, 0.3) is 0 Å². The lowest BCUT2D eigenvalue weighted by atomic mass is 10.1. The third-order valence-corrected chi connectivity index (χ3v) is 3.18. The van der Waals surface area contributed by atoms with Crippen molar-refractivity contribution >= 4 is 17.5 Å². The van der Waals surface area contributed by atoms with Crippen molar-refractivity contribution < 1.29 is 18.3 Å². The maximum atomic E-state index is 13.5. The average molecular weight is 276 g/mol. The predicted molar refractivity (Wildman–Crippen MR) is 62.7 cm³/mol. The molecule has 1 aliphatic rings. The van der Waals surface area contributed by atoms with E-state index in [4.69, 9.17) is 16.3 Å². The van der Waals surface area contributed by atoms with E-state index >= 15 is 0 Å². The van der Waals surface area contributed by atoms with Crippen molar-refractivity contribution in [2.45, 2.75) is 6.04 Å². The first-order valence-corrected chi connectivity index (χ1v) is 6.06. The van der Waals surface area contributed by atoms with Gasteiger partial charge < -0.3 is 9.64 Å². The third-order valence-electron chi connectivity index (χ3n) is 2.83. The fourth-order valence-electron chi connectivity index (χ4n) is 1.87. The molecule has 98 valence electrons. The van der Waals surface area contributed by atoms with Gasteiger partial charge in [0.15, 0.2) is 0 Å². The molecule has 0 aromatic heterocycles. The molecule has 0 spiro atoms. The number of benzene rings is 1. The van der Waals surface area contributed by atoms with Crippen molar-refractivity contribution in [2.75, 3.05) is 25.6 Å². The Morgan fingerprint density at radius 1 is 1.50 bits per heavy atom. The highest BCUT2D eigenvalue weighted by Crippen LogP contribution is 2.17. The van der Waals surface area contributed by atoms with Crippen LogP contribution >= 0.6 is 11.6 Å². The summed E-state index contributed by atoms with van der Waals surface area (Å²) < 4.78 is 31.5. The number of carbonyl (C=O) groups is 1. The van der Waals surface area contributed by atoms with Gasteiger partial charge in [0.2, 0.25) is 0 Å². The average Bonchev–Trinajstić information content (AvgIpc) is 2.38. The van der Waals surface area contributed by atoms with Gasteiger partial charge in [-0.1, -0.05) is 0 Å². The lowest BCUT2D eigenvalue weighted by Crippen LogP contribution is -2.49. The normalized spacial score (nSPS) is 19.9. The zero-order valence-electron chi connectivity index (χ0n) is 9.54. The summed E-state index contributed by atoms with van der Waals surface area (Å²) in [5, 5.41) is 0. The summed E-state index contributed by atoms with van der Waals surface area (Å²) in [6.07, 6.45) is 0. The van der Waals surface area contributed by atoms with Crippen LogP contribution in [0.5, 0.6) is 0 Å². The van der Waals surface area contributed by atoms with Crippen LogP contribution in [-0.4, -0.2) is 42.5 Å². The van der Waals surface area contributed by atoms with Crippen molar-refractivity contribution in [3.8, 4) is 0 Å². The molecule has 6 heteroatoms. The largest absolute Gasteiger partial charge is 0.377 e. The Hall–Kier alpha value is -1.20. The zero-order chi connectivity index (χ0) is 13.1. The Morgan fingerprint density at radius 3 is 2.94 bits per heavy atom. The number of morpholine rings is 1. The highest BCUT2D eigenvalue weighted by Gasteiger charge is 2.28. The number of hydrogen-bond acceptors (Lipinski definition) is 2. The van der Waals surface area contributed by atoms with Crippen LogP contribution in [0, 0.1) is 11.6 Å². The molecule has 3 nitrogen and oxygen atoms in total. The molecule has 1 saturated heterocycles. The molecule has 0 saturated carbocycles. The molecule has 1 amide bonds. The number of nitrogens with zero attached hydrogens (tertiary/aromatic N) is 1. The second kappa shape index (κ2) is 5.63.